The van der Waals surface area contributed by atoms with Gasteiger partial charge in [-0.1, -0.05) is 12.1 Å². The monoisotopic (exact) mass is 272 g/mol. The first kappa shape index (κ1) is 14.4. The van der Waals surface area contributed by atoms with E-state index in [1.54, 1.807) is 0 Å². The summed E-state index contributed by atoms with van der Waals surface area (Å²) in [5.41, 5.74) is 0.563. The Labute approximate surface area is 119 Å². The van der Waals surface area contributed by atoms with Crippen molar-refractivity contribution < 1.29 is 14.3 Å². The largest absolute Gasteiger partial charge is 0.490 e. The Kier molecular flexibility index (Phi) is 4.28. The highest BCUT2D eigenvalue weighted by Gasteiger charge is 2.11. The zero-order valence-electron chi connectivity index (χ0n) is 12.3. The van der Waals surface area contributed by atoms with Gasteiger partial charge in [0, 0.05) is 5.39 Å². The number of hydrogen-bond acceptors (Lipinski definition) is 3. The van der Waals surface area contributed by atoms with Gasteiger partial charge in [0.2, 0.25) is 0 Å². The maximum atomic E-state index is 11.2. The van der Waals surface area contributed by atoms with Crippen molar-refractivity contribution >= 4 is 17.1 Å². The fraction of sp³-hybridized carbons (Fsp3) is 0.353. The smallest absolute Gasteiger partial charge is 0.153 e. The lowest BCUT2D eigenvalue weighted by molar-refractivity contribution is 0.111. The summed E-state index contributed by atoms with van der Waals surface area (Å²) in [5, 5.41) is 1.93. The number of hydrogen-bond donors (Lipinski definition) is 0. The summed E-state index contributed by atoms with van der Waals surface area (Å²) in [7, 11) is 0. The lowest BCUT2D eigenvalue weighted by atomic mass is 10.1. The minimum atomic E-state index is 0.0179. The van der Waals surface area contributed by atoms with Crippen LogP contribution in [0.5, 0.6) is 11.5 Å². The molecule has 0 radical (unpaired) electrons. The van der Waals surface area contributed by atoms with Crippen LogP contribution in [0.4, 0.5) is 0 Å². The second-order valence-corrected chi connectivity index (χ2v) is 5.32. The second-order valence-electron chi connectivity index (χ2n) is 5.32. The zero-order chi connectivity index (χ0) is 14.7. The highest BCUT2D eigenvalue weighted by Crippen LogP contribution is 2.32. The molecule has 0 saturated carbocycles. The number of fused-ring (bicyclic) bond motifs is 1. The predicted octanol–water partition coefficient (Wildman–Crippen LogP) is 4.23. The molecule has 0 aliphatic carbocycles. The molecule has 0 N–H and O–H groups in total. The van der Waals surface area contributed by atoms with Gasteiger partial charge in [0.15, 0.2) is 6.29 Å². The summed E-state index contributed by atoms with van der Waals surface area (Å²) in [6.45, 7) is 7.86. The van der Waals surface area contributed by atoms with E-state index in [1.165, 1.54) is 0 Å². The number of rotatable bonds is 5. The van der Waals surface area contributed by atoms with Crippen LogP contribution in [0.1, 0.15) is 38.1 Å². The summed E-state index contributed by atoms with van der Waals surface area (Å²) in [5.74, 6) is 1.41. The Bertz CT molecular complexity index is 615. The Morgan fingerprint density at radius 2 is 1.60 bits per heavy atom. The van der Waals surface area contributed by atoms with E-state index in [2.05, 4.69) is 0 Å². The Hall–Kier alpha value is -2.03. The first-order chi connectivity index (χ1) is 9.51. The minimum Gasteiger partial charge on any atom is -0.490 e. The maximum Gasteiger partial charge on any atom is 0.153 e. The summed E-state index contributed by atoms with van der Waals surface area (Å²) < 4.78 is 11.5. The molecule has 3 nitrogen and oxygen atoms in total. The fourth-order valence-corrected chi connectivity index (χ4v) is 2.10. The van der Waals surface area contributed by atoms with Crippen LogP contribution < -0.4 is 9.47 Å². The third-order valence-electron chi connectivity index (χ3n) is 2.82. The van der Waals surface area contributed by atoms with Gasteiger partial charge in [-0.25, -0.2) is 0 Å². The number of benzene rings is 2. The van der Waals surface area contributed by atoms with Crippen molar-refractivity contribution in [1.82, 2.24) is 0 Å². The van der Waals surface area contributed by atoms with Crippen LogP contribution in [0.2, 0.25) is 0 Å². The van der Waals surface area contributed by atoms with Gasteiger partial charge in [0.05, 0.1) is 17.8 Å². The van der Waals surface area contributed by atoms with Gasteiger partial charge in [-0.15, -0.1) is 0 Å². The van der Waals surface area contributed by atoms with E-state index in [0.29, 0.717) is 11.3 Å². The number of carbonyl (C=O) groups excluding carboxylic acids is 1. The average molecular weight is 272 g/mol. The molecular formula is C17H20O3. The molecule has 2 aromatic rings. The van der Waals surface area contributed by atoms with E-state index in [0.717, 1.165) is 22.8 Å². The molecule has 0 unspecified atom stereocenters. The Morgan fingerprint density at radius 1 is 0.950 bits per heavy atom. The number of aldehydes is 1. The van der Waals surface area contributed by atoms with Gasteiger partial charge in [-0.3, -0.25) is 4.79 Å². The predicted molar refractivity (Wildman–Crippen MR) is 80.9 cm³/mol. The van der Waals surface area contributed by atoms with Gasteiger partial charge in [-0.05, 0) is 51.3 Å². The van der Waals surface area contributed by atoms with Gasteiger partial charge in [0.25, 0.3) is 0 Å². The molecule has 0 atom stereocenters. The van der Waals surface area contributed by atoms with E-state index in [-0.39, 0.29) is 12.2 Å². The van der Waals surface area contributed by atoms with Crippen molar-refractivity contribution in [1.29, 1.82) is 0 Å². The van der Waals surface area contributed by atoms with Crippen LogP contribution in [0.25, 0.3) is 10.8 Å². The third-order valence-corrected chi connectivity index (χ3v) is 2.82. The molecule has 0 bridgehead atoms. The first-order valence-corrected chi connectivity index (χ1v) is 6.86. The standard InChI is InChI=1S/C17H20O3/c1-11(2)19-16-7-5-6-13-8-14(10-18)17(9-15(13)16)20-12(3)4/h5-12H,1-4H3. The van der Waals surface area contributed by atoms with E-state index >= 15 is 0 Å². The van der Waals surface area contributed by atoms with Gasteiger partial charge >= 0.3 is 0 Å². The molecule has 106 valence electrons. The highest BCUT2D eigenvalue weighted by molar-refractivity contribution is 5.95. The normalized spacial score (nSPS) is 11.1. The molecule has 2 aromatic carbocycles. The molecule has 20 heavy (non-hydrogen) atoms. The maximum absolute atomic E-state index is 11.2. The van der Waals surface area contributed by atoms with Crippen molar-refractivity contribution in [2.75, 3.05) is 0 Å². The molecule has 3 heteroatoms. The van der Waals surface area contributed by atoms with Crippen LogP contribution >= 0.6 is 0 Å². The molecule has 0 aliphatic heterocycles. The number of ether oxygens (including phenoxy) is 2. The lowest BCUT2D eigenvalue weighted by Gasteiger charge is -2.16. The quantitative estimate of drug-likeness (QED) is 0.764. The van der Waals surface area contributed by atoms with Crippen molar-refractivity contribution in [3.05, 3.63) is 35.9 Å². The van der Waals surface area contributed by atoms with Gasteiger partial charge in [0.1, 0.15) is 11.5 Å². The minimum absolute atomic E-state index is 0.0179. The summed E-state index contributed by atoms with van der Waals surface area (Å²) in [6.07, 6.45) is 0.942. The van der Waals surface area contributed by atoms with Gasteiger partial charge in [-0.2, -0.15) is 0 Å². The van der Waals surface area contributed by atoms with Crippen molar-refractivity contribution in [3.63, 3.8) is 0 Å². The Morgan fingerprint density at radius 3 is 2.20 bits per heavy atom. The van der Waals surface area contributed by atoms with E-state index < -0.39 is 0 Å². The van der Waals surface area contributed by atoms with Crippen LogP contribution in [0.15, 0.2) is 30.3 Å². The topological polar surface area (TPSA) is 35.5 Å². The first-order valence-electron chi connectivity index (χ1n) is 6.86. The summed E-state index contributed by atoms with van der Waals surface area (Å²) >= 11 is 0. The van der Waals surface area contributed by atoms with Crippen LogP contribution in [0, 0.1) is 0 Å². The Balaban J connectivity index is 2.59. The molecule has 0 aromatic heterocycles. The van der Waals surface area contributed by atoms with Crippen molar-refractivity contribution in [2.24, 2.45) is 0 Å². The van der Waals surface area contributed by atoms with E-state index in [1.807, 2.05) is 58.0 Å². The molecule has 2 rings (SSSR count). The molecule has 0 amide bonds. The highest BCUT2D eigenvalue weighted by atomic mass is 16.5. The molecule has 0 heterocycles. The lowest BCUT2D eigenvalue weighted by Crippen LogP contribution is -2.08. The second kappa shape index (κ2) is 5.95. The van der Waals surface area contributed by atoms with E-state index in [4.69, 9.17) is 9.47 Å². The van der Waals surface area contributed by atoms with Gasteiger partial charge < -0.3 is 9.47 Å². The summed E-state index contributed by atoms with van der Waals surface area (Å²) in [6, 6.07) is 9.55. The fourth-order valence-electron chi connectivity index (χ4n) is 2.10. The molecule has 0 saturated heterocycles. The van der Waals surface area contributed by atoms with Crippen LogP contribution in [0.3, 0.4) is 0 Å². The molecule has 0 spiro atoms. The SMILES string of the molecule is CC(C)Oc1cc2c(OC(C)C)cccc2cc1C=O. The van der Waals surface area contributed by atoms with E-state index in [9.17, 15) is 4.79 Å². The molecule has 0 aliphatic rings. The zero-order valence-corrected chi connectivity index (χ0v) is 12.3. The van der Waals surface area contributed by atoms with Crippen LogP contribution in [-0.2, 0) is 0 Å². The van der Waals surface area contributed by atoms with Crippen molar-refractivity contribution in [2.45, 2.75) is 39.9 Å². The molecule has 0 fully saturated rings. The third kappa shape index (κ3) is 3.10. The number of carbonyl (C=O) groups is 1. The average Bonchev–Trinajstić information content (AvgIpc) is 2.37. The van der Waals surface area contributed by atoms with Crippen LogP contribution in [-0.4, -0.2) is 18.5 Å². The molecular weight excluding hydrogens is 252 g/mol. The summed E-state index contributed by atoms with van der Waals surface area (Å²) in [4.78, 5) is 11.2. The van der Waals surface area contributed by atoms with Crippen molar-refractivity contribution in [3.8, 4) is 11.5 Å².